The van der Waals surface area contributed by atoms with Crippen LogP contribution in [0.1, 0.15) is 34.6 Å². The van der Waals surface area contributed by atoms with Gasteiger partial charge in [-0.15, -0.1) is 0 Å². The van der Waals surface area contributed by atoms with Crippen molar-refractivity contribution in [3.63, 3.8) is 0 Å². The number of ether oxygens (including phenoxy) is 2. The molecule has 0 aliphatic heterocycles. The van der Waals surface area contributed by atoms with E-state index in [1.54, 1.807) is 34.6 Å². The number of carbonyl (C=O) groups excluding carboxylic acids is 1. The van der Waals surface area contributed by atoms with Crippen molar-refractivity contribution in [3.8, 4) is 5.75 Å². The molecule has 1 N–H and O–H groups in total. The molecule has 0 unspecified atom stereocenters. The minimum absolute atomic E-state index is 0.120. The smallest absolute Gasteiger partial charge is 0.412 e. The molecule has 1 aromatic rings. The van der Waals surface area contributed by atoms with Gasteiger partial charge in [0.05, 0.1) is 6.10 Å². The normalized spacial score (nSPS) is 11.3. The van der Waals surface area contributed by atoms with Crippen LogP contribution >= 0.6 is 0 Å². The largest absolute Gasteiger partial charge is 0.489 e. The highest BCUT2D eigenvalue weighted by atomic mass is 19.1. The SMILES string of the molecule is CC(C)Oc1ccnc(F)c1NC(=O)OC(C)(C)C. The van der Waals surface area contributed by atoms with E-state index < -0.39 is 17.6 Å². The average Bonchev–Trinajstić information content (AvgIpc) is 2.19. The van der Waals surface area contributed by atoms with Gasteiger partial charge < -0.3 is 9.47 Å². The summed E-state index contributed by atoms with van der Waals surface area (Å²) in [6.07, 6.45) is 0.363. The van der Waals surface area contributed by atoms with Crippen molar-refractivity contribution in [3.05, 3.63) is 18.2 Å². The van der Waals surface area contributed by atoms with E-state index in [2.05, 4.69) is 10.3 Å². The molecule has 1 amide bonds. The number of anilines is 1. The molecule has 0 aliphatic carbocycles. The van der Waals surface area contributed by atoms with E-state index in [1.165, 1.54) is 12.3 Å². The quantitative estimate of drug-likeness (QED) is 0.855. The van der Waals surface area contributed by atoms with Gasteiger partial charge in [-0.3, -0.25) is 5.32 Å². The van der Waals surface area contributed by atoms with Crippen molar-refractivity contribution in [2.45, 2.75) is 46.3 Å². The standard InChI is InChI=1S/C13H19FN2O3/c1-8(2)18-9-6-7-15-11(14)10(9)16-12(17)19-13(3,4)5/h6-8H,1-5H3,(H,16,17). The molecule has 6 heteroatoms. The zero-order chi connectivity index (χ0) is 14.6. The summed E-state index contributed by atoms with van der Waals surface area (Å²) in [5.74, 6) is -0.600. The number of hydrogen-bond donors (Lipinski definition) is 1. The summed E-state index contributed by atoms with van der Waals surface area (Å²) in [5, 5.41) is 2.32. The molecular formula is C13H19FN2O3. The van der Waals surface area contributed by atoms with Crippen molar-refractivity contribution in [2.75, 3.05) is 5.32 Å². The maximum absolute atomic E-state index is 13.6. The van der Waals surface area contributed by atoms with Gasteiger partial charge in [0.2, 0.25) is 5.95 Å². The number of pyridine rings is 1. The fraction of sp³-hybridized carbons (Fsp3) is 0.538. The topological polar surface area (TPSA) is 60.5 Å². The summed E-state index contributed by atoms with van der Waals surface area (Å²) in [4.78, 5) is 15.1. The Labute approximate surface area is 112 Å². The second-order valence-electron chi connectivity index (χ2n) is 5.27. The predicted octanol–water partition coefficient (Wildman–Crippen LogP) is 3.35. The van der Waals surface area contributed by atoms with Gasteiger partial charge in [0.15, 0.2) is 0 Å². The first-order chi connectivity index (χ1) is 8.69. The van der Waals surface area contributed by atoms with Crippen molar-refractivity contribution in [1.29, 1.82) is 0 Å². The first kappa shape index (κ1) is 15.2. The second kappa shape index (κ2) is 5.86. The Morgan fingerprint density at radius 2 is 2.05 bits per heavy atom. The summed E-state index contributed by atoms with van der Waals surface area (Å²) in [6.45, 7) is 8.76. The molecule has 19 heavy (non-hydrogen) atoms. The van der Waals surface area contributed by atoms with Gasteiger partial charge in [0.1, 0.15) is 17.0 Å². The summed E-state index contributed by atoms with van der Waals surface area (Å²) >= 11 is 0. The molecule has 1 rings (SSSR count). The monoisotopic (exact) mass is 270 g/mol. The fourth-order valence-corrected chi connectivity index (χ4v) is 1.29. The summed E-state index contributed by atoms with van der Waals surface area (Å²) < 4.78 is 24.1. The first-order valence-corrected chi connectivity index (χ1v) is 6.00. The van der Waals surface area contributed by atoms with Crippen LogP contribution in [-0.4, -0.2) is 22.8 Å². The van der Waals surface area contributed by atoms with Crippen LogP contribution in [-0.2, 0) is 4.74 Å². The van der Waals surface area contributed by atoms with E-state index in [9.17, 15) is 9.18 Å². The maximum atomic E-state index is 13.6. The highest BCUT2D eigenvalue weighted by molar-refractivity contribution is 5.86. The fourth-order valence-electron chi connectivity index (χ4n) is 1.29. The van der Waals surface area contributed by atoms with Crippen LogP contribution in [0.4, 0.5) is 14.9 Å². The van der Waals surface area contributed by atoms with Crippen molar-refractivity contribution in [2.24, 2.45) is 0 Å². The molecule has 0 spiro atoms. The van der Waals surface area contributed by atoms with Crippen LogP contribution in [0.25, 0.3) is 0 Å². The lowest BCUT2D eigenvalue weighted by Gasteiger charge is -2.20. The predicted molar refractivity (Wildman–Crippen MR) is 69.8 cm³/mol. The van der Waals surface area contributed by atoms with Crippen LogP contribution < -0.4 is 10.1 Å². The Morgan fingerprint density at radius 1 is 1.42 bits per heavy atom. The lowest BCUT2D eigenvalue weighted by atomic mass is 10.2. The van der Waals surface area contributed by atoms with Crippen LogP contribution in [0.2, 0.25) is 0 Å². The number of hydrogen-bond acceptors (Lipinski definition) is 4. The molecule has 1 heterocycles. The zero-order valence-corrected chi connectivity index (χ0v) is 11.8. The summed E-state index contributed by atoms with van der Waals surface area (Å²) in [7, 11) is 0. The van der Waals surface area contributed by atoms with Gasteiger partial charge in [-0.25, -0.2) is 9.78 Å². The molecule has 5 nitrogen and oxygen atoms in total. The van der Waals surface area contributed by atoms with E-state index in [4.69, 9.17) is 9.47 Å². The lowest BCUT2D eigenvalue weighted by molar-refractivity contribution is 0.0634. The molecule has 0 atom stereocenters. The van der Waals surface area contributed by atoms with Gasteiger partial charge in [0, 0.05) is 12.3 Å². The summed E-state index contributed by atoms with van der Waals surface area (Å²) in [6, 6.07) is 1.48. The maximum Gasteiger partial charge on any atom is 0.412 e. The molecule has 0 radical (unpaired) electrons. The Balaban J connectivity index is 2.90. The minimum atomic E-state index is -0.816. The van der Waals surface area contributed by atoms with Crippen LogP contribution in [0.15, 0.2) is 12.3 Å². The summed E-state index contributed by atoms with van der Waals surface area (Å²) in [5.41, 5.74) is -0.785. The second-order valence-corrected chi connectivity index (χ2v) is 5.27. The van der Waals surface area contributed by atoms with E-state index in [0.29, 0.717) is 0 Å². The van der Waals surface area contributed by atoms with Gasteiger partial charge in [-0.05, 0) is 34.6 Å². The molecule has 1 aromatic heterocycles. The Bertz CT molecular complexity index is 456. The van der Waals surface area contributed by atoms with E-state index >= 15 is 0 Å². The number of amides is 1. The molecule has 0 bridgehead atoms. The van der Waals surface area contributed by atoms with Crippen LogP contribution in [0.3, 0.4) is 0 Å². The molecular weight excluding hydrogens is 251 g/mol. The average molecular weight is 270 g/mol. The number of nitrogens with zero attached hydrogens (tertiary/aromatic N) is 1. The molecule has 0 aromatic carbocycles. The first-order valence-electron chi connectivity index (χ1n) is 6.00. The third-order valence-electron chi connectivity index (χ3n) is 1.86. The number of aromatic nitrogens is 1. The highest BCUT2D eigenvalue weighted by Gasteiger charge is 2.20. The van der Waals surface area contributed by atoms with Gasteiger partial charge in [-0.2, -0.15) is 4.39 Å². The number of rotatable bonds is 3. The molecule has 0 fully saturated rings. The van der Waals surface area contributed by atoms with Gasteiger partial charge in [-0.1, -0.05) is 0 Å². The molecule has 0 saturated carbocycles. The highest BCUT2D eigenvalue weighted by Crippen LogP contribution is 2.27. The van der Waals surface area contributed by atoms with E-state index in [1.807, 2.05) is 0 Å². The van der Waals surface area contributed by atoms with Crippen molar-refractivity contribution in [1.82, 2.24) is 4.98 Å². The molecule has 106 valence electrons. The number of carbonyl (C=O) groups is 1. The van der Waals surface area contributed by atoms with Crippen LogP contribution in [0.5, 0.6) is 5.75 Å². The van der Waals surface area contributed by atoms with Crippen LogP contribution in [0, 0.1) is 5.95 Å². The Morgan fingerprint density at radius 3 is 2.58 bits per heavy atom. The van der Waals surface area contributed by atoms with E-state index in [0.717, 1.165) is 0 Å². The minimum Gasteiger partial charge on any atom is -0.489 e. The Kier molecular flexibility index (Phi) is 4.69. The third-order valence-corrected chi connectivity index (χ3v) is 1.86. The molecule has 0 saturated heterocycles. The number of halogens is 1. The molecule has 0 aliphatic rings. The Hall–Kier alpha value is -1.85. The van der Waals surface area contributed by atoms with Crippen molar-refractivity contribution >= 4 is 11.8 Å². The zero-order valence-electron chi connectivity index (χ0n) is 11.8. The van der Waals surface area contributed by atoms with Crippen molar-refractivity contribution < 1.29 is 18.7 Å². The van der Waals surface area contributed by atoms with Gasteiger partial charge >= 0.3 is 6.09 Å². The van der Waals surface area contributed by atoms with E-state index in [-0.39, 0.29) is 17.5 Å². The number of nitrogens with one attached hydrogen (secondary N) is 1. The third kappa shape index (κ3) is 5.11. The lowest BCUT2D eigenvalue weighted by Crippen LogP contribution is -2.28. The van der Waals surface area contributed by atoms with Gasteiger partial charge in [0.25, 0.3) is 0 Å².